The van der Waals surface area contributed by atoms with E-state index < -0.39 is 24.6 Å². The third-order valence-corrected chi connectivity index (χ3v) is 4.29. The second kappa shape index (κ2) is 5.54. The van der Waals surface area contributed by atoms with Gasteiger partial charge in [-0.1, -0.05) is 0 Å². The van der Waals surface area contributed by atoms with Crippen molar-refractivity contribution in [2.75, 3.05) is 20.2 Å². The van der Waals surface area contributed by atoms with E-state index in [0.717, 1.165) is 0 Å². The van der Waals surface area contributed by atoms with E-state index in [1.54, 1.807) is 7.05 Å². The Labute approximate surface area is 109 Å². The van der Waals surface area contributed by atoms with Gasteiger partial charge in [-0.3, -0.25) is 4.74 Å². The number of aliphatic hydroxyl groups excluding tert-OH is 1. The summed E-state index contributed by atoms with van der Waals surface area (Å²) >= 11 is 0. The number of likely N-dealkylation sites (tertiary alicyclic amines) is 1. The monoisotopic (exact) mass is 285 g/mol. The molecule has 1 aliphatic heterocycles. The van der Waals surface area contributed by atoms with Crippen molar-refractivity contribution >= 4 is 0 Å². The minimum Gasteiger partial charge on any atom is -0.396 e. The minimum absolute atomic E-state index is 0.0391. The lowest BCUT2D eigenvalue weighted by Gasteiger charge is -2.48. The molecule has 7 heteroatoms. The number of piperidine rings is 1. The van der Waals surface area contributed by atoms with E-state index in [4.69, 9.17) is 5.11 Å². The maximum atomic E-state index is 13.6. The van der Waals surface area contributed by atoms with Gasteiger partial charge in [-0.15, -0.1) is 13.2 Å². The number of nitrogens with zero attached hydrogens (tertiary/aromatic N) is 1. The Morgan fingerprint density at radius 1 is 1.26 bits per heavy atom. The highest BCUT2D eigenvalue weighted by atomic mass is 19.4. The van der Waals surface area contributed by atoms with E-state index in [1.807, 2.05) is 4.90 Å². The standard InChI is InChI=1S/C12H19F4NO2/c1-17-5-10(13)8(6-18)4-11(17)7-2-9(3-7)19-12(14,15)16/h7-11,18H,2-6H2,1H3. The molecule has 3 nitrogen and oxygen atoms in total. The molecular formula is C12H19F4NO2. The van der Waals surface area contributed by atoms with Gasteiger partial charge in [0.05, 0.1) is 6.10 Å². The smallest absolute Gasteiger partial charge is 0.396 e. The van der Waals surface area contributed by atoms with Crippen LogP contribution in [0.3, 0.4) is 0 Å². The predicted octanol–water partition coefficient (Wildman–Crippen LogP) is 1.95. The molecule has 1 N–H and O–H groups in total. The van der Waals surface area contributed by atoms with E-state index in [-0.39, 0.29) is 25.1 Å². The van der Waals surface area contributed by atoms with Crippen molar-refractivity contribution < 1.29 is 27.4 Å². The molecule has 2 rings (SSSR count). The summed E-state index contributed by atoms with van der Waals surface area (Å²) in [5.74, 6) is -0.303. The van der Waals surface area contributed by atoms with E-state index in [9.17, 15) is 17.6 Å². The first-order chi connectivity index (χ1) is 8.80. The molecule has 2 aliphatic rings. The summed E-state index contributed by atoms with van der Waals surface area (Å²) in [4.78, 5) is 1.85. The van der Waals surface area contributed by atoms with Crippen LogP contribution in [0, 0.1) is 11.8 Å². The molecule has 3 unspecified atom stereocenters. The van der Waals surface area contributed by atoms with Crippen molar-refractivity contribution in [1.29, 1.82) is 0 Å². The first-order valence-corrected chi connectivity index (χ1v) is 6.50. The van der Waals surface area contributed by atoms with Crippen LogP contribution < -0.4 is 0 Å². The second-order valence-electron chi connectivity index (χ2n) is 5.62. The van der Waals surface area contributed by atoms with Gasteiger partial charge in [0.2, 0.25) is 0 Å². The van der Waals surface area contributed by atoms with Crippen LogP contribution in [0.15, 0.2) is 0 Å². The lowest BCUT2D eigenvalue weighted by molar-refractivity contribution is -0.355. The molecule has 0 aromatic rings. The van der Waals surface area contributed by atoms with Crippen LogP contribution in [0.4, 0.5) is 17.6 Å². The molecule has 1 saturated carbocycles. The number of alkyl halides is 4. The summed E-state index contributed by atoms with van der Waals surface area (Å²) in [7, 11) is 1.78. The number of hydrogen-bond acceptors (Lipinski definition) is 3. The predicted molar refractivity (Wildman–Crippen MR) is 60.2 cm³/mol. The summed E-state index contributed by atoms with van der Waals surface area (Å²) in [6.07, 6.45) is -5.21. The molecule has 1 heterocycles. The summed E-state index contributed by atoms with van der Waals surface area (Å²) < 4.78 is 53.6. The molecule has 0 bridgehead atoms. The molecule has 19 heavy (non-hydrogen) atoms. The molecule has 112 valence electrons. The topological polar surface area (TPSA) is 32.7 Å². The Kier molecular flexibility index (Phi) is 4.37. The third-order valence-electron chi connectivity index (χ3n) is 4.29. The number of aliphatic hydroxyl groups is 1. The molecule has 0 spiro atoms. The van der Waals surface area contributed by atoms with Gasteiger partial charge >= 0.3 is 6.36 Å². The van der Waals surface area contributed by atoms with E-state index in [1.165, 1.54) is 0 Å². The molecule has 0 amide bonds. The zero-order valence-electron chi connectivity index (χ0n) is 10.7. The zero-order valence-corrected chi connectivity index (χ0v) is 10.7. The second-order valence-corrected chi connectivity index (χ2v) is 5.62. The fourth-order valence-electron chi connectivity index (χ4n) is 3.14. The van der Waals surface area contributed by atoms with Crippen molar-refractivity contribution in [2.45, 2.75) is 43.9 Å². The van der Waals surface area contributed by atoms with Gasteiger partial charge in [-0.05, 0) is 32.2 Å². The fraction of sp³-hybridized carbons (Fsp3) is 1.00. The Hall–Kier alpha value is -0.400. The molecule has 0 aromatic carbocycles. The quantitative estimate of drug-likeness (QED) is 0.805. The van der Waals surface area contributed by atoms with E-state index in [2.05, 4.69) is 4.74 Å². The fourth-order valence-corrected chi connectivity index (χ4v) is 3.14. The highest BCUT2D eigenvalue weighted by Gasteiger charge is 2.46. The summed E-state index contributed by atoms with van der Waals surface area (Å²) in [5.41, 5.74) is 0. The van der Waals surface area contributed by atoms with Crippen LogP contribution in [0.5, 0.6) is 0 Å². The van der Waals surface area contributed by atoms with Gasteiger partial charge in [-0.2, -0.15) is 0 Å². The first-order valence-electron chi connectivity index (χ1n) is 6.50. The summed E-state index contributed by atoms with van der Waals surface area (Å²) in [6, 6.07) is 0.0391. The van der Waals surface area contributed by atoms with Crippen LogP contribution in [0.2, 0.25) is 0 Å². The SMILES string of the molecule is CN1CC(F)C(CO)CC1C1CC(OC(F)(F)F)C1. The third kappa shape index (κ3) is 3.58. The van der Waals surface area contributed by atoms with Crippen LogP contribution in [-0.4, -0.2) is 54.9 Å². The highest BCUT2D eigenvalue weighted by Crippen LogP contribution is 2.41. The van der Waals surface area contributed by atoms with Gasteiger partial charge < -0.3 is 10.0 Å². The molecule has 3 atom stereocenters. The average molecular weight is 285 g/mol. The number of hydrogen-bond donors (Lipinski definition) is 1. The number of rotatable bonds is 3. The Morgan fingerprint density at radius 2 is 1.89 bits per heavy atom. The van der Waals surface area contributed by atoms with Crippen LogP contribution in [0.25, 0.3) is 0 Å². The summed E-state index contributed by atoms with van der Waals surface area (Å²) in [5, 5.41) is 9.11. The van der Waals surface area contributed by atoms with E-state index >= 15 is 0 Å². The molecule has 1 saturated heterocycles. The van der Waals surface area contributed by atoms with Gasteiger partial charge in [0.1, 0.15) is 6.17 Å². The van der Waals surface area contributed by atoms with Crippen LogP contribution in [0.1, 0.15) is 19.3 Å². The lowest BCUT2D eigenvalue weighted by atomic mass is 9.72. The normalized spacial score (nSPS) is 41.1. The number of halogens is 4. The minimum atomic E-state index is -4.58. The van der Waals surface area contributed by atoms with Crippen LogP contribution in [-0.2, 0) is 4.74 Å². The molecular weight excluding hydrogens is 266 g/mol. The molecule has 2 fully saturated rings. The zero-order chi connectivity index (χ0) is 14.2. The Balaban J connectivity index is 1.83. The van der Waals surface area contributed by atoms with Crippen molar-refractivity contribution in [3.8, 4) is 0 Å². The lowest BCUT2D eigenvalue weighted by Crippen LogP contribution is -2.54. The highest BCUT2D eigenvalue weighted by molar-refractivity contribution is 4.95. The molecule has 1 aliphatic carbocycles. The number of ether oxygens (including phenoxy) is 1. The van der Waals surface area contributed by atoms with Crippen molar-refractivity contribution in [1.82, 2.24) is 4.90 Å². The molecule has 0 aromatic heterocycles. The summed E-state index contributed by atoms with van der Waals surface area (Å²) in [6.45, 7) is 0.0257. The van der Waals surface area contributed by atoms with Gasteiger partial charge in [0, 0.05) is 25.1 Å². The van der Waals surface area contributed by atoms with Gasteiger partial charge in [0.15, 0.2) is 0 Å². The Morgan fingerprint density at radius 3 is 2.42 bits per heavy atom. The largest absolute Gasteiger partial charge is 0.522 e. The van der Waals surface area contributed by atoms with Crippen molar-refractivity contribution in [2.24, 2.45) is 11.8 Å². The van der Waals surface area contributed by atoms with Gasteiger partial charge in [0.25, 0.3) is 0 Å². The van der Waals surface area contributed by atoms with Gasteiger partial charge in [-0.25, -0.2) is 4.39 Å². The van der Waals surface area contributed by atoms with E-state index in [0.29, 0.717) is 19.3 Å². The average Bonchev–Trinajstić information content (AvgIpc) is 2.23. The maximum absolute atomic E-state index is 13.6. The maximum Gasteiger partial charge on any atom is 0.522 e. The van der Waals surface area contributed by atoms with Crippen molar-refractivity contribution in [3.63, 3.8) is 0 Å². The first kappa shape index (κ1) is 15.0. The van der Waals surface area contributed by atoms with Crippen LogP contribution >= 0.6 is 0 Å². The van der Waals surface area contributed by atoms with Crippen molar-refractivity contribution in [3.05, 3.63) is 0 Å². The molecule has 0 radical (unpaired) electrons. The Bertz CT molecular complexity index is 307.